The van der Waals surface area contributed by atoms with Crippen LogP contribution in [0.3, 0.4) is 0 Å². The van der Waals surface area contributed by atoms with Crippen molar-refractivity contribution >= 4 is 16.6 Å². The maximum atomic E-state index is 13.7. The minimum absolute atomic E-state index is 0.263. The van der Waals surface area contributed by atoms with Crippen LogP contribution in [0, 0.1) is 5.82 Å². The lowest BCUT2D eigenvalue weighted by molar-refractivity contribution is 0.386. The Bertz CT molecular complexity index is 764. The van der Waals surface area contributed by atoms with E-state index in [2.05, 4.69) is 4.57 Å². The molecule has 3 rings (SSSR count). The van der Waals surface area contributed by atoms with Gasteiger partial charge in [0, 0.05) is 29.3 Å². The fourth-order valence-corrected chi connectivity index (χ4v) is 2.36. The van der Waals surface area contributed by atoms with Crippen LogP contribution in [0.2, 0.25) is 0 Å². The molecule has 0 unspecified atom stereocenters. The topological polar surface area (TPSA) is 40.2 Å². The number of hydrogen-bond acceptors (Lipinski definition) is 2. The monoisotopic (exact) mass is 270 g/mol. The lowest BCUT2D eigenvalue weighted by Gasteiger charge is -2.08. The Labute approximate surface area is 116 Å². The number of hydrogen-bond donors (Lipinski definition) is 1. The van der Waals surface area contributed by atoms with Gasteiger partial charge in [0.2, 0.25) is 0 Å². The van der Waals surface area contributed by atoms with Gasteiger partial charge in [0.05, 0.1) is 7.11 Å². The summed E-state index contributed by atoms with van der Waals surface area (Å²) < 4.78 is 20.7. The molecule has 0 saturated carbocycles. The Morgan fingerprint density at radius 2 is 2.00 bits per heavy atom. The molecule has 2 aromatic carbocycles. The molecular weight excluding hydrogens is 255 g/mol. The van der Waals surface area contributed by atoms with E-state index in [9.17, 15) is 4.39 Å². The molecular formula is C16H15FN2O. The van der Waals surface area contributed by atoms with Gasteiger partial charge in [-0.1, -0.05) is 6.07 Å². The highest BCUT2D eigenvalue weighted by atomic mass is 19.1. The standard InChI is InChI=1S/C16H15FN2O/c1-20-16-5-2-11(8-14(16)17)10-19-7-6-12-9-13(18)3-4-15(12)19/h2-9H,10,18H2,1H3. The molecule has 0 aliphatic rings. The largest absolute Gasteiger partial charge is 0.494 e. The first-order chi connectivity index (χ1) is 9.67. The molecule has 0 radical (unpaired) electrons. The Hall–Kier alpha value is -2.49. The number of rotatable bonds is 3. The molecule has 0 atom stereocenters. The van der Waals surface area contributed by atoms with Crippen molar-refractivity contribution in [1.29, 1.82) is 0 Å². The molecule has 0 aliphatic carbocycles. The number of nitrogens with zero attached hydrogens (tertiary/aromatic N) is 1. The van der Waals surface area contributed by atoms with E-state index in [1.807, 2.05) is 36.5 Å². The predicted molar refractivity (Wildman–Crippen MR) is 78.4 cm³/mol. The predicted octanol–water partition coefficient (Wildman–Crippen LogP) is 3.42. The third-order valence-electron chi connectivity index (χ3n) is 3.36. The average Bonchev–Trinajstić information content (AvgIpc) is 2.81. The summed E-state index contributed by atoms with van der Waals surface area (Å²) in [6, 6.07) is 12.8. The maximum absolute atomic E-state index is 13.7. The molecule has 3 nitrogen and oxygen atoms in total. The summed E-state index contributed by atoms with van der Waals surface area (Å²) in [4.78, 5) is 0. The normalized spacial score (nSPS) is 10.9. The van der Waals surface area contributed by atoms with Crippen LogP contribution in [-0.4, -0.2) is 11.7 Å². The van der Waals surface area contributed by atoms with Crippen molar-refractivity contribution in [1.82, 2.24) is 4.57 Å². The molecule has 2 N–H and O–H groups in total. The number of fused-ring (bicyclic) bond motifs is 1. The van der Waals surface area contributed by atoms with Gasteiger partial charge in [0.25, 0.3) is 0 Å². The van der Waals surface area contributed by atoms with Crippen LogP contribution in [0.4, 0.5) is 10.1 Å². The van der Waals surface area contributed by atoms with E-state index in [0.717, 1.165) is 22.2 Å². The Morgan fingerprint density at radius 3 is 2.75 bits per heavy atom. The lowest BCUT2D eigenvalue weighted by Crippen LogP contribution is -1.99. The van der Waals surface area contributed by atoms with E-state index >= 15 is 0 Å². The molecule has 0 aliphatic heterocycles. The Balaban J connectivity index is 1.95. The summed E-state index contributed by atoms with van der Waals surface area (Å²) in [7, 11) is 1.46. The first-order valence-corrected chi connectivity index (χ1v) is 6.34. The highest BCUT2D eigenvalue weighted by molar-refractivity contribution is 5.83. The summed E-state index contributed by atoms with van der Waals surface area (Å²) >= 11 is 0. The number of aromatic nitrogens is 1. The molecule has 0 bridgehead atoms. The Morgan fingerprint density at radius 1 is 1.15 bits per heavy atom. The van der Waals surface area contributed by atoms with Crippen LogP contribution >= 0.6 is 0 Å². The average molecular weight is 270 g/mol. The minimum Gasteiger partial charge on any atom is -0.494 e. The van der Waals surface area contributed by atoms with Gasteiger partial charge in [-0.15, -0.1) is 0 Å². The SMILES string of the molecule is COc1ccc(Cn2ccc3cc(N)ccc32)cc1F. The minimum atomic E-state index is -0.342. The third-order valence-corrected chi connectivity index (χ3v) is 3.36. The van der Waals surface area contributed by atoms with E-state index in [1.165, 1.54) is 13.2 Å². The number of benzene rings is 2. The number of methoxy groups -OCH3 is 1. The summed E-state index contributed by atoms with van der Waals surface area (Å²) in [6.45, 7) is 0.605. The fourth-order valence-electron chi connectivity index (χ4n) is 2.36. The van der Waals surface area contributed by atoms with Gasteiger partial charge < -0.3 is 15.0 Å². The van der Waals surface area contributed by atoms with E-state index in [1.54, 1.807) is 6.07 Å². The van der Waals surface area contributed by atoms with Gasteiger partial charge in [0.1, 0.15) is 0 Å². The van der Waals surface area contributed by atoms with E-state index in [-0.39, 0.29) is 11.6 Å². The van der Waals surface area contributed by atoms with E-state index < -0.39 is 0 Å². The van der Waals surface area contributed by atoms with Gasteiger partial charge in [-0.05, 0) is 42.0 Å². The highest BCUT2D eigenvalue weighted by Crippen LogP contribution is 2.22. The van der Waals surface area contributed by atoms with Gasteiger partial charge in [-0.2, -0.15) is 0 Å². The van der Waals surface area contributed by atoms with Crippen molar-refractivity contribution < 1.29 is 9.13 Å². The first kappa shape index (κ1) is 12.5. The van der Waals surface area contributed by atoms with Crippen molar-refractivity contribution in [2.75, 3.05) is 12.8 Å². The third kappa shape index (κ3) is 2.20. The molecule has 1 aromatic heterocycles. The zero-order chi connectivity index (χ0) is 14.1. The summed E-state index contributed by atoms with van der Waals surface area (Å²) in [5.74, 6) is -0.0791. The maximum Gasteiger partial charge on any atom is 0.165 e. The van der Waals surface area contributed by atoms with Crippen LogP contribution in [0.5, 0.6) is 5.75 Å². The molecule has 0 fully saturated rings. The zero-order valence-electron chi connectivity index (χ0n) is 11.1. The van der Waals surface area contributed by atoms with E-state index in [0.29, 0.717) is 6.54 Å². The second-order valence-electron chi connectivity index (χ2n) is 4.73. The van der Waals surface area contributed by atoms with Gasteiger partial charge >= 0.3 is 0 Å². The van der Waals surface area contributed by atoms with Crippen molar-refractivity contribution in [2.45, 2.75) is 6.54 Å². The van der Waals surface area contributed by atoms with Crippen molar-refractivity contribution in [2.24, 2.45) is 0 Å². The van der Waals surface area contributed by atoms with Crippen molar-refractivity contribution in [3.8, 4) is 5.75 Å². The molecule has 1 heterocycles. The molecule has 20 heavy (non-hydrogen) atoms. The highest BCUT2D eigenvalue weighted by Gasteiger charge is 2.06. The van der Waals surface area contributed by atoms with Gasteiger partial charge in [-0.25, -0.2) is 4.39 Å². The van der Waals surface area contributed by atoms with Gasteiger partial charge in [0.15, 0.2) is 11.6 Å². The summed E-state index contributed by atoms with van der Waals surface area (Å²) in [5.41, 5.74) is 8.47. The molecule has 0 saturated heterocycles. The van der Waals surface area contributed by atoms with Crippen LogP contribution < -0.4 is 10.5 Å². The second kappa shape index (κ2) is 4.89. The number of halogens is 1. The quantitative estimate of drug-likeness (QED) is 0.741. The first-order valence-electron chi connectivity index (χ1n) is 6.34. The summed E-state index contributed by atoms with van der Waals surface area (Å²) in [5, 5.41) is 1.08. The zero-order valence-corrected chi connectivity index (χ0v) is 11.1. The number of anilines is 1. The number of nitrogens with two attached hydrogens (primary N) is 1. The molecule has 4 heteroatoms. The van der Waals surface area contributed by atoms with E-state index in [4.69, 9.17) is 10.5 Å². The number of ether oxygens (including phenoxy) is 1. The van der Waals surface area contributed by atoms with Crippen molar-refractivity contribution in [3.05, 3.63) is 60.0 Å². The van der Waals surface area contributed by atoms with Crippen LogP contribution in [0.1, 0.15) is 5.56 Å². The smallest absolute Gasteiger partial charge is 0.165 e. The Kier molecular flexibility index (Phi) is 3.06. The lowest BCUT2D eigenvalue weighted by atomic mass is 10.2. The molecule has 3 aromatic rings. The van der Waals surface area contributed by atoms with Crippen LogP contribution in [-0.2, 0) is 6.54 Å². The summed E-state index contributed by atoms with van der Waals surface area (Å²) in [6.07, 6.45) is 1.98. The molecule has 0 spiro atoms. The second-order valence-corrected chi connectivity index (χ2v) is 4.73. The van der Waals surface area contributed by atoms with Gasteiger partial charge in [-0.3, -0.25) is 0 Å². The molecule has 0 amide bonds. The molecule has 102 valence electrons. The van der Waals surface area contributed by atoms with Crippen molar-refractivity contribution in [3.63, 3.8) is 0 Å². The number of nitrogen functional groups attached to an aromatic ring is 1. The van der Waals surface area contributed by atoms with Crippen LogP contribution in [0.15, 0.2) is 48.7 Å². The fraction of sp³-hybridized carbons (Fsp3) is 0.125. The van der Waals surface area contributed by atoms with Crippen LogP contribution in [0.25, 0.3) is 10.9 Å².